The summed E-state index contributed by atoms with van der Waals surface area (Å²) >= 11 is 0. The van der Waals surface area contributed by atoms with Gasteiger partial charge in [0, 0.05) is 24.7 Å². The van der Waals surface area contributed by atoms with E-state index < -0.39 is 0 Å². The fraction of sp³-hybridized carbons (Fsp3) is 0.529. The maximum atomic E-state index is 12.6. The Bertz CT molecular complexity index is 548. The Balaban J connectivity index is 1.74. The first-order valence-electron chi connectivity index (χ1n) is 7.82. The van der Waals surface area contributed by atoms with Gasteiger partial charge in [0.05, 0.1) is 0 Å². The average molecular weight is 286 g/mol. The summed E-state index contributed by atoms with van der Waals surface area (Å²) in [5.74, 6) is 0.368. The highest BCUT2D eigenvalue weighted by Gasteiger charge is 2.40. The van der Waals surface area contributed by atoms with Crippen molar-refractivity contribution in [3.05, 3.63) is 29.8 Å². The molecule has 1 heterocycles. The molecule has 0 aromatic heterocycles. The molecule has 1 atom stereocenters. The summed E-state index contributed by atoms with van der Waals surface area (Å²) in [7, 11) is 0. The predicted octanol–water partition coefficient (Wildman–Crippen LogP) is 2.22. The van der Waals surface area contributed by atoms with Crippen LogP contribution in [0.15, 0.2) is 24.3 Å². The number of aryl methyl sites for hydroxylation is 1. The predicted molar refractivity (Wildman–Crippen MR) is 82.1 cm³/mol. The summed E-state index contributed by atoms with van der Waals surface area (Å²) in [5.41, 5.74) is 2.20. The molecule has 4 nitrogen and oxygen atoms in total. The van der Waals surface area contributed by atoms with Crippen LogP contribution >= 0.6 is 0 Å². The molecular formula is C17H22N2O2. The van der Waals surface area contributed by atoms with E-state index in [1.165, 1.54) is 5.56 Å². The molecule has 0 N–H and O–H groups in total. The van der Waals surface area contributed by atoms with Crippen LogP contribution < -0.4 is 4.90 Å². The highest BCUT2D eigenvalue weighted by Crippen LogP contribution is 2.33. The molecular weight excluding hydrogens is 264 g/mol. The number of anilines is 1. The quantitative estimate of drug-likeness (QED) is 0.855. The van der Waals surface area contributed by atoms with E-state index >= 15 is 0 Å². The minimum atomic E-state index is -0.349. The van der Waals surface area contributed by atoms with Crippen molar-refractivity contribution in [1.82, 2.24) is 4.90 Å². The first-order chi connectivity index (χ1) is 10.1. The number of nitrogens with zero attached hydrogens (tertiary/aromatic N) is 2. The number of rotatable bonds is 3. The van der Waals surface area contributed by atoms with E-state index in [1.54, 1.807) is 9.80 Å². The lowest BCUT2D eigenvalue weighted by molar-refractivity contribution is -0.141. The van der Waals surface area contributed by atoms with Gasteiger partial charge in [-0.2, -0.15) is 0 Å². The van der Waals surface area contributed by atoms with Crippen LogP contribution in [0.25, 0.3) is 0 Å². The third kappa shape index (κ3) is 2.67. The molecule has 0 spiro atoms. The number of carbonyl (C=O) groups is 2. The molecule has 1 saturated heterocycles. The second kappa shape index (κ2) is 5.51. The number of benzene rings is 1. The Hall–Kier alpha value is -1.84. The summed E-state index contributed by atoms with van der Waals surface area (Å²) in [6, 6.07) is 7.78. The Morgan fingerprint density at radius 2 is 1.86 bits per heavy atom. The SMILES string of the molecule is CCc1ccc(N2CCN(C(=O)C3CC3)C(C)C2=O)cc1. The Labute approximate surface area is 125 Å². The molecule has 2 aliphatic rings. The Morgan fingerprint density at radius 3 is 2.43 bits per heavy atom. The number of carbonyl (C=O) groups excluding carboxylic acids is 2. The second-order valence-electron chi connectivity index (χ2n) is 5.99. The van der Waals surface area contributed by atoms with Crippen LogP contribution in [-0.2, 0) is 16.0 Å². The molecule has 0 radical (unpaired) electrons. The van der Waals surface area contributed by atoms with Crippen LogP contribution in [0, 0.1) is 5.92 Å². The van der Waals surface area contributed by atoms with E-state index in [0.717, 1.165) is 24.9 Å². The van der Waals surface area contributed by atoms with Crippen molar-refractivity contribution in [2.24, 2.45) is 5.92 Å². The molecule has 21 heavy (non-hydrogen) atoms. The maximum Gasteiger partial charge on any atom is 0.249 e. The van der Waals surface area contributed by atoms with E-state index in [9.17, 15) is 9.59 Å². The minimum absolute atomic E-state index is 0.0273. The van der Waals surface area contributed by atoms with Crippen molar-refractivity contribution in [2.45, 2.75) is 39.2 Å². The summed E-state index contributed by atoms with van der Waals surface area (Å²) in [6.45, 7) is 5.19. The molecule has 3 rings (SSSR count). The average Bonchev–Trinajstić information content (AvgIpc) is 3.34. The van der Waals surface area contributed by atoms with Crippen LogP contribution in [0.5, 0.6) is 0 Å². The molecule has 1 aliphatic heterocycles. The molecule has 1 aliphatic carbocycles. The van der Waals surface area contributed by atoms with Crippen molar-refractivity contribution in [2.75, 3.05) is 18.0 Å². The lowest BCUT2D eigenvalue weighted by Crippen LogP contribution is -2.58. The third-order valence-corrected chi connectivity index (χ3v) is 4.52. The fourth-order valence-electron chi connectivity index (χ4n) is 2.90. The first-order valence-corrected chi connectivity index (χ1v) is 7.82. The summed E-state index contributed by atoms with van der Waals surface area (Å²) in [4.78, 5) is 28.3. The van der Waals surface area contributed by atoms with Gasteiger partial charge in [0.1, 0.15) is 6.04 Å². The zero-order valence-corrected chi connectivity index (χ0v) is 12.7. The molecule has 2 fully saturated rings. The van der Waals surface area contributed by atoms with Gasteiger partial charge in [-0.15, -0.1) is 0 Å². The number of hydrogen-bond donors (Lipinski definition) is 0. The summed E-state index contributed by atoms with van der Waals surface area (Å²) in [6.07, 6.45) is 2.96. The Morgan fingerprint density at radius 1 is 1.19 bits per heavy atom. The highest BCUT2D eigenvalue weighted by atomic mass is 16.2. The molecule has 112 valence electrons. The zero-order valence-electron chi connectivity index (χ0n) is 12.7. The summed E-state index contributed by atoms with van der Waals surface area (Å²) in [5, 5.41) is 0. The lowest BCUT2D eigenvalue weighted by atomic mass is 10.1. The zero-order chi connectivity index (χ0) is 15.0. The summed E-state index contributed by atoms with van der Waals surface area (Å²) < 4.78 is 0. The molecule has 2 amide bonds. The Kier molecular flexibility index (Phi) is 3.70. The van der Waals surface area contributed by atoms with E-state index in [2.05, 4.69) is 19.1 Å². The van der Waals surface area contributed by atoms with Crippen LogP contribution in [-0.4, -0.2) is 35.8 Å². The van der Waals surface area contributed by atoms with E-state index in [0.29, 0.717) is 13.1 Å². The number of piperazine rings is 1. The maximum absolute atomic E-state index is 12.6. The smallest absolute Gasteiger partial charge is 0.249 e. The monoisotopic (exact) mass is 286 g/mol. The van der Waals surface area contributed by atoms with Gasteiger partial charge < -0.3 is 9.80 Å². The van der Waals surface area contributed by atoms with E-state index in [-0.39, 0.29) is 23.8 Å². The van der Waals surface area contributed by atoms with Gasteiger partial charge >= 0.3 is 0 Å². The molecule has 1 aromatic carbocycles. The van der Waals surface area contributed by atoms with Crippen LogP contribution in [0.4, 0.5) is 5.69 Å². The molecule has 0 bridgehead atoms. The number of amides is 2. The van der Waals surface area contributed by atoms with Gasteiger partial charge in [0.2, 0.25) is 11.8 Å². The third-order valence-electron chi connectivity index (χ3n) is 4.52. The highest BCUT2D eigenvalue weighted by molar-refractivity contribution is 6.00. The van der Waals surface area contributed by atoms with Crippen LogP contribution in [0.1, 0.15) is 32.3 Å². The molecule has 4 heteroatoms. The van der Waals surface area contributed by atoms with Crippen LogP contribution in [0.2, 0.25) is 0 Å². The topological polar surface area (TPSA) is 40.6 Å². The number of hydrogen-bond acceptors (Lipinski definition) is 2. The molecule has 1 saturated carbocycles. The van der Waals surface area contributed by atoms with Gasteiger partial charge in [0.15, 0.2) is 0 Å². The molecule has 1 unspecified atom stereocenters. The molecule has 1 aromatic rings. The largest absolute Gasteiger partial charge is 0.329 e. The van der Waals surface area contributed by atoms with Gasteiger partial charge in [-0.3, -0.25) is 9.59 Å². The lowest BCUT2D eigenvalue weighted by Gasteiger charge is -2.39. The van der Waals surface area contributed by atoms with Crippen molar-refractivity contribution in [3.8, 4) is 0 Å². The van der Waals surface area contributed by atoms with Crippen molar-refractivity contribution in [3.63, 3.8) is 0 Å². The fourth-order valence-corrected chi connectivity index (χ4v) is 2.90. The van der Waals surface area contributed by atoms with Crippen molar-refractivity contribution < 1.29 is 9.59 Å². The van der Waals surface area contributed by atoms with Gasteiger partial charge in [0.25, 0.3) is 0 Å². The van der Waals surface area contributed by atoms with Crippen molar-refractivity contribution in [1.29, 1.82) is 0 Å². The van der Waals surface area contributed by atoms with Gasteiger partial charge in [-0.25, -0.2) is 0 Å². The van der Waals surface area contributed by atoms with Crippen molar-refractivity contribution >= 4 is 17.5 Å². The standard InChI is InChI=1S/C17H22N2O2/c1-3-13-4-8-15(9-5-13)19-11-10-18(12(2)16(19)20)17(21)14-6-7-14/h4-5,8-9,12,14H,3,6-7,10-11H2,1-2H3. The van der Waals surface area contributed by atoms with Crippen LogP contribution in [0.3, 0.4) is 0 Å². The second-order valence-corrected chi connectivity index (χ2v) is 5.99. The normalized spacial score (nSPS) is 22.6. The van der Waals surface area contributed by atoms with Gasteiger partial charge in [-0.05, 0) is 43.9 Å². The van der Waals surface area contributed by atoms with E-state index in [1.807, 2.05) is 19.1 Å². The van der Waals surface area contributed by atoms with E-state index in [4.69, 9.17) is 0 Å². The minimum Gasteiger partial charge on any atom is -0.329 e. The van der Waals surface area contributed by atoms with Gasteiger partial charge in [-0.1, -0.05) is 19.1 Å². The first kappa shape index (κ1) is 14.1.